The van der Waals surface area contributed by atoms with Gasteiger partial charge in [0, 0.05) is 54.1 Å². The van der Waals surface area contributed by atoms with Gasteiger partial charge in [-0.15, -0.1) is 0 Å². The number of hydrogen-bond donors (Lipinski definition) is 1. The van der Waals surface area contributed by atoms with Crippen LogP contribution in [0.2, 0.25) is 0 Å². The van der Waals surface area contributed by atoms with Crippen molar-refractivity contribution in [2.75, 3.05) is 7.05 Å². The van der Waals surface area contributed by atoms with Crippen molar-refractivity contribution in [3.05, 3.63) is 65.5 Å². The SMILES string of the molecule is C=N/C=C(\C=NC)c1ccc(C(C)C(=C)N=C(C)/C(C=N)=C/C)cc1. The van der Waals surface area contributed by atoms with Crippen molar-refractivity contribution in [1.82, 2.24) is 0 Å². The quantitative estimate of drug-likeness (QED) is 0.643. The number of aliphatic imine (C=N–C) groups is 3. The second-order valence-corrected chi connectivity index (χ2v) is 5.57. The average molecular weight is 334 g/mol. The van der Waals surface area contributed by atoms with E-state index in [1.54, 1.807) is 19.5 Å². The lowest BCUT2D eigenvalue weighted by Gasteiger charge is -2.14. The van der Waals surface area contributed by atoms with Crippen LogP contribution in [0.5, 0.6) is 0 Å². The van der Waals surface area contributed by atoms with Crippen LogP contribution in [0.3, 0.4) is 0 Å². The Hall–Kier alpha value is -2.88. The normalized spacial score (nSPS) is 14.5. The summed E-state index contributed by atoms with van der Waals surface area (Å²) < 4.78 is 0. The molecular weight excluding hydrogens is 308 g/mol. The summed E-state index contributed by atoms with van der Waals surface area (Å²) in [6, 6.07) is 8.18. The Morgan fingerprint density at radius 1 is 1.24 bits per heavy atom. The first-order valence-corrected chi connectivity index (χ1v) is 8.08. The highest BCUT2D eigenvalue weighted by Gasteiger charge is 2.10. The molecule has 25 heavy (non-hydrogen) atoms. The number of benzene rings is 1. The standard InChI is InChI=1S/C21H26N4/c1-7-18(12-22)17(4)25-16(3)15(2)19-8-10-20(11-9-19)21(13-23-5)14-24-6/h7-15,22H,3,5H2,1-2,4,6H3/b18-7+,21-13+,22-12?,24-14?,25-17?. The maximum Gasteiger partial charge on any atom is 0.0460 e. The lowest BCUT2D eigenvalue weighted by molar-refractivity contribution is 0.883. The smallest absolute Gasteiger partial charge is 0.0460 e. The molecular formula is C21H26N4. The minimum atomic E-state index is 0.0811. The van der Waals surface area contributed by atoms with Gasteiger partial charge in [-0.3, -0.25) is 15.0 Å². The van der Waals surface area contributed by atoms with Gasteiger partial charge < -0.3 is 5.41 Å². The lowest BCUT2D eigenvalue weighted by atomic mass is 9.96. The van der Waals surface area contributed by atoms with Crippen LogP contribution in [0.4, 0.5) is 0 Å². The second-order valence-electron chi connectivity index (χ2n) is 5.57. The van der Waals surface area contributed by atoms with E-state index in [1.807, 2.05) is 32.1 Å². The van der Waals surface area contributed by atoms with Gasteiger partial charge in [-0.1, -0.05) is 43.8 Å². The van der Waals surface area contributed by atoms with Gasteiger partial charge in [0.15, 0.2) is 0 Å². The zero-order chi connectivity index (χ0) is 18.8. The molecule has 1 N–H and O–H groups in total. The fourth-order valence-corrected chi connectivity index (χ4v) is 2.35. The van der Waals surface area contributed by atoms with Gasteiger partial charge in [0.2, 0.25) is 0 Å². The molecule has 0 heterocycles. The molecule has 0 fully saturated rings. The molecule has 0 saturated heterocycles. The molecule has 0 radical (unpaired) electrons. The molecule has 1 aromatic rings. The molecule has 0 amide bonds. The van der Waals surface area contributed by atoms with Crippen LogP contribution in [-0.2, 0) is 0 Å². The Kier molecular flexibility index (Phi) is 8.13. The molecule has 1 aromatic carbocycles. The Balaban J connectivity index is 3.04. The van der Waals surface area contributed by atoms with E-state index in [2.05, 4.69) is 47.3 Å². The van der Waals surface area contributed by atoms with Crippen molar-refractivity contribution >= 4 is 30.4 Å². The topological polar surface area (TPSA) is 60.9 Å². The van der Waals surface area contributed by atoms with Crippen molar-refractivity contribution in [1.29, 1.82) is 5.41 Å². The van der Waals surface area contributed by atoms with Crippen molar-refractivity contribution in [3.8, 4) is 0 Å². The summed E-state index contributed by atoms with van der Waals surface area (Å²) in [6.45, 7) is 13.5. The number of hydrogen-bond acceptors (Lipinski definition) is 4. The Bertz CT molecular complexity index is 747. The molecule has 0 bridgehead atoms. The van der Waals surface area contributed by atoms with Gasteiger partial charge in [0.1, 0.15) is 0 Å². The largest absolute Gasteiger partial charge is 0.308 e. The lowest BCUT2D eigenvalue weighted by Crippen LogP contribution is -2.02. The van der Waals surface area contributed by atoms with E-state index in [1.165, 1.54) is 6.21 Å². The number of nitrogens with one attached hydrogen (secondary N) is 1. The molecule has 1 atom stereocenters. The van der Waals surface area contributed by atoms with Crippen LogP contribution >= 0.6 is 0 Å². The molecule has 1 rings (SSSR count). The van der Waals surface area contributed by atoms with Gasteiger partial charge in [-0.05, 0) is 31.7 Å². The summed E-state index contributed by atoms with van der Waals surface area (Å²) in [5, 5.41) is 7.41. The first kappa shape index (κ1) is 20.2. The van der Waals surface area contributed by atoms with Crippen molar-refractivity contribution in [2.45, 2.75) is 26.7 Å². The molecule has 4 nitrogen and oxygen atoms in total. The monoisotopic (exact) mass is 334 g/mol. The van der Waals surface area contributed by atoms with Gasteiger partial charge in [-0.25, -0.2) is 0 Å². The summed E-state index contributed by atoms with van der Waals surface area (Å²) in [5.74, 6) is 0.0811. The zero-order valence-electron chi connectivity index (χ0n) is 15.5. The highest BCUT2D eigenvalue weighted by atomic mass is 14.8. The van der Waals surface area contributed by atoms with E-state index >= 15 is 0 Å². The third-order valence-electron chi connectivity index (χ3n) is 3.94. The van der Waals surface area contributed by atoms with Crippen LogP contribution in [0.25, 0.3) is 5.57 Å². The maximum atomic E-state index is 7.41. The highest BCUT2D eigenvalue weighted by Crippen LogP contribution is 2.25. The molecule has 0 spiro atoms. The van der Waals surface area contributed by atoms with Crippen molar-refractivity contribution < 1.29 is 0 Å². The molecule has 0 aromatic heterocycles. The van der Waals surface area contributed by atoms with Gasteiger partial charge >= 0.3 is 0 Å². The van der Waals surface area contributed by atoms with Crippen molar-refractivity contribution in [2.24, 2.45) is 15.0 Å². The predicted octanol–water partition coefficient (Wildman–Crippen LogP) is 5.10. The molecule has 0 aliphatic carbocycles. The number of nitrogens with zero attached hydrogens (tertiary/aromatic N) is 3. The highest BCUT2D eigenvalue weighted by molar-refractivity contribution is 6.14. The minimum Gasteiger partial charge on any atom is -0.308 e. The minimum absolute atomic E-state index is 0.0811. The summed E-state index contributed by atoms with van der Waals surface area (Å²) in [6.07, 6.45) is 6.63. The summed E-state index contributed by atoms with van der Waals surface area (Å²) in [7, 11) is 1.73. The third-order valence-corrected chi connectivity index (χ3v) is 3.94. The summed E-state index contributed by atoms with van der Waals surface area (Å²) >= 11 is 0. The van der Waals surface area contributed by atoms with E-state index in [9.17, 15) is 0 Å². The van der Waals surface area contributed by atoms with Crippen LogP contribution in [0, 0.1) is 5.41 Å². The Morgan fingerprint density at radius 2 is 1.88 bits per heavy atom. The van der Waals surface area contributed by atoms with Gasteiger partial charge in [-0.2, -0.15) is 0 Å². The van der Waals surface area contributed by atoms with Gasteiger partial charge in [0.05, 0.1) is 0 Å². The Labute approximate surface area is 150 Å². The Morgan fingerprint density at radius 3 is 2.36 bits per heavy atom. The summed E-state index contributed by atoms with van der Waals surface area (Å²) in [5.41, 5.74) is 5.43. The molecule has 4 heteroatoms. The average Bonchev–Trinajstić information content (AvgIpc) is 2.62. The predicted molar refractivity (Wildman–Crippen MR) is 112 cm³/mol. The first-order chi connectivity index (χ1) is 12.0. The first-order valence-electron chi connectivity index (χ1n) is 8.08. The molecule has 0 aliphatic rings. The van der Waals surface area contributed by atoms with E-state index in [4.69, 9.17) is 5.41 Å². The van der Waals surface area contributed by atoms with Crippen LogP contribution in [0.1, 0.15) is 37.8 Å². The molecule has 0 saturated carbocycles. The van der Waals surface area contributed by atoms with Crippen molar-refractivity contribution in [3.63, 3.8) is 0 Å². The van der Waals surface area contributed by atoms with E-state index < -0.39 is 0 Å². The van der Waals surface area contributed by atoms with E-state index in [0.29, 0.717) is 0 Å². The molecule has 1 unspecified atom stereocenters. The third kappa shape index (κ3) is 5.60. The maximum absolute atomic E-state index is 7.41. The number of rotatable bonds is 8. The van der Waals surface area contributed by atoms with Crippen LogP contribution < -0.4 is 0 Å². The zero-order valence-corrected chi connectivity index (χ0v) is 15.5. The molecule has 130 valence electrons. The van der Waals surface area contributed by atoms with Crippen LogP contribution in [0.15, 0.2) is 69.4 Å². The number of allylic oxidation sites excluding steroid dienone is 4. The fourth-order valence-electron chi connectivity index (χ4n) is 2.35. The molecule has 0 aliphatic heterocycles. The van der Waals surface area contributed by atoms with E-state index in [0.717, 1.165) is 33.7 Å². The summed E-state index contributed by atoms with van der Waals surface area (Å²) in [4.78, 5) is 12.4. The van der Waals surface area contributed by atoms with Gasteiger partial charge in [0.25, 0.3) is 0 Å². The van der Waals surface area contributed by atoms with Crippen LogP contribution in [-0.4, -0.2) is 31.9 Å². The fraction of sp³-hybridized carbons (Fsp3) is 0.238. The van der Waals surface area contributed by atoms with E-state index in [-0.39, 0.29) is 5.92 Å². The second kappa shape index (κ2) is 10.1.